The van der Waals surface area contributed by atoms with Crippen LogP contribution in [0.25, 0.3) is 0 Å². The highest BCUT2D eigenvalue weighted by Crippen LogP contribution is 2.40. The Morgan fingerprint density at radius 2 is 1.77 bits per heavy atom. The van der Waals surface area contributed by atoms with E-state index in [4.69, 9.17) is 19.9 Å². The molecule has 0 radical (unpaired) electrons. The van der Waals surface area contributed by atoms with Gasteiger partial charge in [0, 0.05) is 32.1 Å². The number of piperidine rings is 1. The number of ether oxygens (including phenoxy) is 3. The highest BCUT2D eigenvalue weighted by molar-refractivity contribution is 5.84. The Labute approximate surface area is 178 Å². The van der Waals surface area contributed by atoms with E-state index < -0.39 is 11.8 Å². The molecule has 0 saturated carbocycles. The molecule has 2 heterocycles. The van der Waals surface area contributed by atoms with Crippen molar-refractivity contribution in [2.75, 3.05) is 47.5 Å². The van der Waals surface area contributed by atoms with Gasteiger partial charge in [-0.3, -0.25) is 14.5 Å². The summed E-state index contributed by atoms with van der Waals surface area (Å²) < 4.78 is 16.1. The van der Waals surface area contributed by atoms with E-state index in [1.165, 1.54) is 34.2 Å². The summed E-state index contributed by atoms with van der Waals surface area (Å²) in [5.74, 6) is 0.357. The van der Waals surface area contributed by atoms with Crippen molar-refractivity contribution >= 4 is 11.8 Å². The zero-order valence-electron chi connectivity index (χ0n) is 18.2. The maximum atomic E-state index is 12.9. The second-order valence-corrected chi connectivity index (χ2v) is 7.98. The van der Waals surface area contributed by atoms with Gasteiger partial charge in [0.25, 0.3) is 0 Å². The number of hydrogen-bond donors (Lipinski definition) is 1. The molecule has 0 bridgehead atoms. The average molecular weight is 420 g/mol. The van der Waals surface area contributed by atoms with Gasteiger partial charge in [0.1, 0.15) is 0 Å². The lowest BCUT2D eigenvalue weighted by Gasteiger charge is -2.44. The van der Waals surface area contributed by atoms with Crippen molar-refractivity contribution in [2.24, 2.45) is 5.73 Å². The average Bonchev–Trinajstić information content (AvgIpc) is 2.77. The van der Waals surface area contributed by atoms with Gasteiger partial charge in [-0.25, -0.2) is 0 Å². The molecule has 0 aromatic heterocycles. The van der Waals surface area contributed by atoms with E-state index in [9.17, 15) is 9.59 Å². The molecule has 2 aliphatic rings. The molecule has 0 aliphatic carbocycles. The van der Waals surface area contributed by atoms with Crippen LogP contribution in [0.3, 0.4) is 0 Å². The number of carbonyl (C=O) groups excluding carboxylic acids is 2. The molecule has 8 heteroatoms. The molecule has 2 unspecified atom stereocenters. The molecular weight excluding hydrogens is 386 g/mol. The monoisotopic (exact) mass is 419 g/mol. The van der Waals surface area contributed by atoms with Crippen molar-refractivity contribution in [3.05, 3.63) is 17.7 Å². The third-order valence-electron chi connectivity index (χ3n) is 6.27. The number of rotatable bonds is 8. The summed E-state index contributed by atoms with van der Waals surface area (Å²) in [6.07, 6.45) is 4.25. The second-order valence-electron chi connectivity index (χ2n) is 7.98. The minimum Gasteiger partial charge on any atom is -0.493 e. The van der Waals surface area contributed by atoms with E-state index in [1.807, 2.05) is 4.90 Å². The van der Waals surface area contributed by atoms with Gasteiger partial charge in [-0.2, -0.15) is 0 Å². The van der Waals surface area contributed by atoms with Crippen molar-refractivity contribution in [3.8, 4) is 17.2 Å². The standard InChI is InChI=1S/C22H33N3O5/c1-28-18-12-15(13-19(29-2)21(18)30-3)17(22(23)27)7-8-20(26)25-11-10-24-9-5-4-6-16(24)14-25/h12-13,16-17H,4-11,14H2,1-3H3,(H2,23,27). The van der Waals surface area contributed by atoms with Crippen LogP contribution in [-0.4, -0.2) is 75.2 Å². The summed E-state index contributed by atoms with van der Waals surface area (Å²) in [5, 5.41) is 0. The molecule has 2 aliphatic heterocycles. The largest absolute Gasteiger partial charge is 0.493 e. The number of primary amides is 1. The Balaban J connectivity index is 1.69. The Kier molecular flexibility index (Phi) is 7.42. The molecule has 1 aromatic carbocycles. The summed E-state index contributed by atoms with van der Waals surface area (Å²) in [4.78, 5) is 29.5. The van der Waals surface area contributed by atoms with Crippen LogP contribution >= 0.6 is 0 Å². The first-order valence-corrected chi connectivity index (χ1v) is 10.6. The number of nitrogens with two attached hydrogens (primary N) is 1. The normalized spacial score (nSPS) is 20.2. The number of benzene rings is 1. The molecule has 2 N–H and O–H groups in total. The van der Waals surface area contributed by atoms with Crippen molar-refractivity contribution < 1.29 is 23.8 Å². The minimum absolute atomic E-state index is 0.0823. The van der Waals surface area contributed by atoms with Gasteiger partial charge in [-0.15, -0.1) is 0 Å². The Morgan fingerprint density at radius 1 is 1.07 bits per heavy atom. The third-order valence-corrected chi connectivity index (χ3v) is 6.27. The Morgan fingerprint density at radius 3 is 2.37 bits per heavy atom. The van der Waals surface area contributed by atoms with Crippen LogP contribution in [0.4, 0.5) is 0 Å². The van der Waals surface area contributed by atoms with Crippen molar-refractivity contribution in [1.82, 2.24) is 9.80 Å². The van der Waals surface area contributed by atoms with Gasteiger partial charge in [-0.1, -0.05) is 6.42 Å². The van der Waals surface area contributed by atoms with E-state index in [0.717, 1.165) is 32.6 Å². The molecule has 2 atom stereocenters. The molecule has 166 valence electrons. The maximum absolute atomic E-state index is 12.9. The van der Waals surface area contributed by atoms with E-state index >= 15 is 0 Å². The quantitative estimate of drug-likeness (QED) is 0.690. The molecular formula is C22H33N3O5. The third kappa shape index (κ3) is 4.80. The molecule has 0 spiro atoms. The summed E-state index contributed by atoms with van der Waals surface area (Å²) in [6.45, 7) is 3.60. The molecule has 1 aromatic rings. The maximum Gasteiger partial charge on any atom is 0.224 e. The molecule has 8 nitrogen and oxygen atoms in total. The number of piperazine rings is 1. The summed E-state index contributed by atoms with van der Waals surface area (Å²) in [6, 6.07) is 3.92. The molecule has 3 rings (SSSR count). The number of amides is 2. The lowest BCUT2D eigenvalue weighted by molar-refractivity contribution is -0.135. The van der Waals surface area contributed by atoms with Crippen LogP contribution in [0.2, 0.25) is 0 Å². The molecule has 2 fully saturated rings. The highest BCUT2D eigenvalue weighted by Gasteiger charge is 2.31. The van der Waals surface area contributed by atoms with E-state index in [1.54, 1.807) is 12.1 Å². The predicted molar refractivity (Wildman–Crippen MR) is 113 cm³/mol. The van der Waals surface area contributed by atoms with E-state index in [-0.39, 0.29) is 12.3 Å². The first kappa shape index (κ1) is 22.2. The zero-order chi connectivity index (χ0) is 21.7. The van der Waals surface area contributed by atoms with Gasteiger partial charge in [-0.05, 0) is 43.5 Å². The SMILES string of the molecule is COc1cc(C(CCC(=O)N2CCN3CCCCC3C2)C(N)=O)cc(OC)c1OC. The van der Waals surface area contributed by atoms with Crippen LogP contribution in [0, 0.1) is 0 Å². The topological polar surface area (TPSA) is 94.3 Å². The van der Waals surface area contributed by atoms with Crippen LogP contribution < -0.4 is 19.9 Å². The van der Waals surface area contributed by atoms with Crippen LogP contribution in [-0.2, 0) is 9.59 Å². The fourth-order valence-corrected chi connectivity index (χ4v) is 4.58. The van der Waals surface area contributed by atoms with Crippen LogP contribution in [0.1, 0.15) is 43.6 Å². The molecule has 30 heavy (non-hydrogen) atoms. The summed E-state index contributed by atoms with van der Waals surface area (Å²) in [5.41, 5.74) is 6.35. The first-order valence-electron chi connectivity index (χ1n) is 10.6. The first-order chi connectivity index (χ1) is 14.5. The summed E-state index contributed by atoms with van der Waals surface area (Å²) >= 11 is 0. The number of fused-ring (bicyclic) bond motifs is 1. The number of carbonyl (C=O) groups is 2. The Bertz CT molecular complexity index is 744. The Hall–Kier alpha value is -2.48. The lowest BCUT2D eigenvalue weighted by Crippen LogP contribution is -2.56. The van der Waals surface area contributed by atoms with Crippen LogP contribution in [0.5, 0.6) is 17.2 Å². The van der Waals surface area contributed by atoms with Gasteiger partial charge >= 0.3 is 0 Å². The van der Waals surface area contributed by atoms with Gasteiger partial charge in [0.15, 0.2) is 11.5 Å². The fraction of sp³-hybridized carbons (Fsp3) is 0.636. The van der Waals surface area contributed by atoms with E-state index in [0.29, 0.717) is 35.3 Å². The second kappa shape index (κ2) is 10.0. The molecule has 2 amide bonds. The highest BCUT2D eigenvalue weighted by atomic mass is 16.5. The number of methoxy groups -OCH3 is 3. The zero-order valence-corrected chi connectivity index (χ0v) is 18.2. The number of hydrogen-bond acceptors (Lipinski definition) is 6. The van der Waals surface area contributed by atoms with Crippen LogP contribution in [0.15, 0.2) is 12.1 Å². The minimum atomic E-state index is -0.612. The van der Waals surface area contributed by atoms with Crippen molar-refractivity contribution in [3.63, 3.8) is 0 Å². The molecule has 2 saturated heterocycles. The predicted octanol–water partition coefficient (Wildman–Crippen LogP) is 1.76. The summed E-state index contributed by atoms with van der Waals surface area (Å²) in [7, 11) is 4.57. The van der Waals surface area contributed by atoms with Gasteiger partial charge in [0.05, 0.1) is 27.2 Å². The van der Waals surface area contributed by atoms with Gasteiger partial charge in [0.2, 0.25) is 17.6 Å². The number of nitrogens with zero attached hydrogens (tertiary/aromatic N) is 2. The fourth-order valence-electron chi connectivity index (χ4n) is 4.58. The lowest BCUT2D eigenvalue weighted by atomic mass is 9.92. The van der Waals surface area contributed by atoms with E-state index in [2.05, 4.69) is 4.90 Å². The van der Waals surface area contributed by atoms with Crippen molar-refractivity contribution in [2.45, 2.75) is 44.1 Å². The smallest absolute Gasteiger partial charge is 0.224 e. The van der Waals surface area contributed by atoms with Gasteiger partial charge < -0.3 is 24.8 Å². The van der Waals surface area contributed by atoms with Crippen molar-refractivity contribution in [1.29, 1.82) is 0 Å².